The van der Waals surface area contributed by atoms with Crippen molar-refractivity contribution < 1.29 is 4.74 Å². The van der Waals surface area contributed by atoms with Gasteiger partial charge in [-0.05, 0) is 24.7 Å². The fraction of sp³-hybridized carbons (Fsp3) is 0.529. The Bertz CT molecular complexity index is 579. The number of hydrogen-bond donors (Lipinski definition) is 0. The number of aryl methyl sites for hydroxylation is 3. The van der Waals surface area contributed by atoms with Gasteiger partial charge < -0.3 is 4.74 Å². The van der Waals surface area contributed by atoms with Crippen LogP contribution in [0.1, 0.15) is 29.6 Å². The Hall–Kier alpha value is -1.33. The zero-order chi connectivity index (χ0) is 15.2. The van der Waals surface area contributed by atoms with Gasteiger partial charge in [0.1, 0.15) is 5.82 Å². The molecule has 1 aromatic carbocycles. The van der Waals surface area contributed by atoms with Crippen molar-refractivity contribution in [3.05, 3.63) is 47.5 Å². The summed E-state index contributed by atoms with van der Waals surface area (Å²) < 4.78 is 7.65. The van der Waals surface area contributed by atoms with Crippen molar-refractivity contribution in [1.82, 2.24) is 14.8 Å². The predicted molar refractivity (Wildman–Crippen MR) is 90.4 cm³/mol. The number of aromatic nitrogens is 3. The van der Waals surface area contributed by atoms with E-state index in [4.69, 9.17) is 14.8 Å². The van der Waals surface area contributed by atoms with Crippen LogP contribution in [-0.2, 0) is 24.1 Å². The second-order valence-corrected chi connectivity index (χ2v) is 6.63. The molecular weight excluding hydrogens is 294 g/mol. The molecule has 1 fully saturated rings. The first-order valence-electron chi connectivity index (χ1n) is 7.91. The maximum absolute atomic E-state index is 5.53. The molecule has 2 aromatic rings. The molecule has 0 amide bonds. The molecule has 0 N–H and O–H groups in total. The van der Waals surface area contributed by atoms with Gasteiger partial charge in [-0.25, -0.2) is 9.67 Å². The third-order valence-corrected chi connectivity index (χ3v) is 4.64. The number of ether oxygens (including phenoxy) is 1. The molecule has 1 aliphatic heterocycles. The highest BCUT2D eigenvalue weighted by Gasteiger charge is 2.24. The van der Waals surface area contributed by atoms with Crippen molar-refractivity contribution in [2.75, 3.05) is 25.2 Å². The lowest BCUT2D eigenvalue weighted by Gasteiger charge is -2.09. The van der Waals surface area contributed by atoms with E-state index < -0.39 is 0 Å². The first kappa shape index (κ1) is 15.6. The van der Waals surface area contributed by atoms with E-state index in [1.54, 1.807) is 0 Å². The van der Waals surface area contributed by atoms with E-state index in [2.05, 4.69) is 41.3 Å². The van der Waals surface area contributed by atoms with Gasteiger partial charge >= 0.3 is 0 Å². The highest BCUT2D eigenvalue weighted by molar-refractivity contribution is 7.98. The quantitative estimate of drug-likeness (QED) is 0.787. The van der Waals surface area contributed by atoms with Crippen molar-refractivity contribution in [1.29, 1.82) is 0 Å². The van der Waals surface area contributed by atoms with E-state index >= 15 is 0 Å². The largest absolute Gasteiger partial charge is 0.381 e. The van der Waals surface area contributed by atoms with Gasteiger partial charge in [0.25, 0.3) is 0 Å². The maximum atomic E-state index is 5.53. The standard InChI is InChI=1S/C17H23N3OS/c1-22-12-9-16-18-17(15-8-11-21-13-15)20(19-16)10-7-14-5-3-2-4-6-14/h2-6,15H,7-13H2,1H3. The third kappa shape index (κ3) is 3.90. The van der Waals surface area contributed by atoms with Gasteiger partial charge in [0, 0.05) is 31.2 Å². The minimum atomic E-state index is 0.409. The molecule has 0 saturated carbocycles. The Balaban J connectivity index is 1.73. The summed E-state index contributed by atoms with van der Waals surface area (Å²) in [6.07, 6.45) is 5.12. The van der Waals surface area contributed by atoms with Crippen LogP contribution in [-0.4, -0.2) is 40.0 Å². The average Bonchev–Trinajstić information content (AvgIpc) is 3.21. The number of thioether (sulfide) groups is 1. The zero-order valence-electron chi connectivity index (χ0n) is 13.1. The molecular formula is C17H23N3OS. The molecule has 0 radical (unpaired) electrons. The summed E-state index contributed by atoms with van der Waals surface area (Å²) in [4.78, 5) is 4.80. The molecule has 0 spiro atoms. The van der Waals surface area contributed by atoms with Crippen molar-refractivity contribution >= 4 is 11.8 Å². The number of benzene rings is 1. The van der Waals surface area contributed by atoms with Crippen molar-refractivity contribution in [2.45, 2.75) is 31.7 Å². The molecule has 1 saturated heterocycles. The summed E-state index contributed by atoms with van der Waals surface area (Å²) in [5.41, 5.74) is 1.34. The van der Waals surface area contributed by atoms with Crippen LogP contribution in [0.2, 0.25) is 0 Å². The van der Waals surface area contributed by atoms with E-state index in [0.717, 1.165) is 56.4 Å². The molecule has 0 aliphatic carbocycles. The molecule has 3 rings (SSSR count). The third-order valence-electron chi connectivity index (χ3n) is 4.02. The van der Waals surface area contributed by atoms with E-state index in [1.165, 1.54) is 5.56 Å². The highest BCUT2D eigenvalue weighted by atomic mass is 32.2. The van der Waals surface area contributed by atoms with Crippen LogP contribution in [0.4, 0.5) is 0 Å². The molecule has 118 valence electrons. The zero-order valence-corrected chi connectivity index (χ0v) is 13.9. The minimum absolute atomic E-state index is 0.409. The summed E-state index contributed by atoms with van der Waals surface area (Å²) in [5.74, 6) is 3.57. The Morgan fingerprint density at radius 1 is 1.27 bits per heavy atom. The maximum Gasteiger partial charge on any atom is 0.151 e. The Morgan fingerprint density at radius 3 is 2.86 bits per heavy atom. The van der Waals surface area contributed by atoms with Gasteiger partial charge in [-0.3, -0.25) is 0 Å². The highest BCUT2D eigenvalue weighted by Crippen LogP contribution is 2.24. The smallest absolute Gasteiger partial charge is 0.151 e. The van der Waals surface area contributed by atoms with Gasteiger partial charge in [0.15, 0.2) is 5.82 Å². The van der Waals surface area contributed by atoms with Crippen LogP contribution < -0.4 is 0 Å². The van der Waals surface area contributed by atoms with Crippen molar-refractivity contribution in [3.8, 4) is 0 Å². The lowest BCUT2D eigenvalue weighted by atomic mass is 10.1. The molecule has 1 aromatic heterocycles. The van der Waals surface area contributed by atoms with E-state index in [1.807, 2.05) is 11.8 Å². The lowest BCUT2D eigenvalue weighted by Crippen LogP contribution is -2.12. The monoisotopic (exact) mass is 317 g/mol. The number of nitrogens with zero attached hydrogens (tertiary/aromatic N) is 3. The van der Waals surface area contributed by atoms with Crippen LogP contribution in [0.15, 0.2) is 30.3 Å². The van der Waals surface area contributed by atoms with E-state index in [0.29, 0.717) is 5.92 Å². The molecule has 1 aliphatic rings. The fourth-order valence-corrected chi connectivity index (χ4v) is 3.17. The lowest BCUT2D eigenvalue weighted by molar-refractivity contribution is 0.192. The first-order valence-corrected chi connectivity index (χ1v) is 9.30. The van der Waals surface area contributed by atoms with Crippen LogP contribution >= 0.6 is 11.8 Å². The summed E-state index contributed by atoms with van der Waals surface area (Å²) in [6, 6.07) is 10.6. The van der Waals surface area contributed by atoms with Gasteiger partial charge in [-0.1, -0.05) is 30.3 Å². The van der Waals surface area contributed by atoms with Gasteiger partial charge in [0.05, 0.1) is 6.61 Å². The molecule has 0 bridgehead atoms. The summed E-state index contributed by atoms with van der Waals surface area (Å²) in [7, 11) is 0. The normalized spacial score (nSPS) is 18.0. The van der Waals surface area contributed by atoms with Gasteiger partial charge in [0.2, 0.25) is 0 Å². The number of rotatable bonds is 7. The molecule has 22 heavy (non-hydrogen) atoms. The Morgan fingerprint density at radius 2 is 2.14 bits per heavy atom. The predicted octanol–water partition coefficient (Wildman–Crippen LogP) is 2.93. The Kier molecular flexibility index (Phi) is 5.51. The summed E-state index contributed by atoms with van der Waals surface area (Å²) in [6.45, 7) is 2.52. The molecule has 1 unspecified atom stereocenters. The molecule has 1 atom stereocenters. The van der Waals surface area contributed by atoms with Crippen molar-refractivity contribution in [2.24, 2.45) is 0 Å². The Labute approximate surface area is 136 Å². The van der Waals surface area contributed by atoms with Crippen LogP contribution in [0.25, 0.3) is 0 Å². The van der Waals surface area contributed by atoms with Gasteiger partial charge in [-0.2, -0.15) is 16.9 Å². The van der Waals surface area contributed by atoms with Gasteiger partial charge in [-0.15, -0.1) is 0 Å². The van der Waals surface area contributed by atoms with E-state index in [9.17, 15) is 0 Å². The topological polar surface area (TPSA) is 39.9 Å². The second-order valence-electron chi connectivity index (χ2n) is 5.65. The van der Waals surface area contributed by atoms with Crippen LogP contribution in [0, 0.1) is 0 Å². The second kappa shape index (κ2) is 7.79. The first-order chi connectivity index (χ1) is 10.9. The molecule has 2 heterocycles. The van der Waals surface area contributed by atoms with Crippen molar-refractivity contribution in [3.63, 3.8) is 0 Å². The van der Waals surface area contributed by atoms with Crippen LogP contribution in [0.3, 0.4) is 0 Å². The molecule has 4 nitrogen and oxygen atoms in total. The average molecular weight is 317 g/mol. The number of hydrogen-bond acceptors (Lipinski definition) is 4. The molecule has 5 heteroatoms. The van der Waals surface area contributed by atoms with Crippen LogP contribution in [0.5, 0.6) is 0 Å². The summed E-state index contributed by atoms with van der Waals surface area (Å²) in [5, 5.41) is 4.74. The minimum Gasteiger partial charge on any atom is -0.381 e. The summed E-state index contributed by atoms with van der Waals surface area (Å²) >= 11 is 1.84. The van der Waals surface area contributed by atoms with E-state index in [-0.39, 0.29) is 0 Å². The SMILES string of the molecule is CSCCc1nc(C2CCOC2)n(CCc2ccccc2)n1. The fourth-order valence-electron chi connectivity index (χ4n) is 2.79.